The van der Waals surface area contributed by atoms with Crippen LogP contribution in [0.15, 0.2) is 47.5 Å². The minimum atomic E-state index is -4.25. The second-order valence-electron chi connectivity index (χ2n) is 5.06. The predicted octanol–water partition coefficient (Wildman–Crippen LogP) is 3.00. The highest BCUT2D eigenvalue weighted by Crippen LogP contribution is 2.27. The first kappa shape index (κ1) is 15.7. The molecule has 1 aromatic carbocycles. The van der Waals surface area contributed by atoms with Gasteiger partial charge in [-0.05, 0) is 25.1 Å². The molecule has 0 bridgehead atoms. The van der Waals surface area contributed by atoms with E-state index in [1.807, 2.05) is 29.8 Å². The van der Waals surface area contributed by atoms with Gasteiger partial charge >= 0.3 is 0 Å². The lowest BCUT2D eigenvalue weighted by molar-refractivity contribution is -0.687. The first-order valence-electron chi connectivity index (χ1n) is 7.01. The molecule has 0 spiro atoms. The third-order valence-corrected chi connectivity index (χ3v) is 4.36. The molecule has 0 aliphatic carbocycles. The summed E-state index contributed by atoms with van der Waals surface area (Å²) in [4.78, 5) is -0.0513. The lowest BCUT2D eigenvalue weighted by Gasteiger charge is -2.09. The molecular formula is C16H20NO3S+. The summed E-state index contributed by atoms with van der Waals surface area (Å²) in [7, 11) is -4.25. The van der Waals surface area contributed by atoms with Crippen LogP contribution in [0.2, 0.25) is 0 Å². The van der Waals surface area contributed by atoms with E-state index in [0.717, 1.165) is 30.6 Å². The number of aromatic nitrogens is 1. The third-order valence-electron chi connectivity index (χ3n) is 3.45. The fourth-order valence-electron chi connectivity index (χ4n) is 2.44. The molecule has 0 radical (unpaired) electrons. The summed E-state index contributed by atoms with van der Waals surface area (Å²) in [6, 6.07) is 10.4. The monoisotopic (exact) mass is 306 g/mol. The molecule has 2 aromatic rings. The Morgan fingerprint density at radius 3 is 2.52 bits per heavy atom. The fraction of sp³-hybridized carbons (Fsp3) is 0.312. The molecule has 4 nitrogen and oxygen atoms in total. The topological polar surface area (TPSA) is 58.2 Å². The zero-order valence-corrected chi connectivity index (χ0v) is 13.1. The van der Waals surface area contributed by atoms with Gasteiger partial charge in [-0.3, -0.25) is 4.55 Å². The van der Waals surface area contributed by atoms with Crippen molar-refractivity contribution in [1.82, 2.24) is 0 Å². The Balaban J connectivity index is 2.68. The molecule has 0 saturated carbocycles. The average molecular weight is 306 g/mol. The van der Waals surface area contributed by atoms with Gasteiger partial charge in [0.05, 0.1) is 5.56 Å². The standard InChI is InChI=1S/C16H19NO3S/c1-3-4-11-17-12-7-8-13(2)16(17)14-9-5-6-10-15(14)21(18,19)20/h5-10,12H,3-4,11H2,1-2H3/p+1. The minimum absolute atomic E-state index is 0.0513. The van der Waals surface area contributed by atoms with E-state index < -0.39 is 10.1 Å². The second kappa shape index (κ2) is 6.37. The summed E-state index contributed by atoms with van der Waals surface area (Å²) in [5.41, 5.74) is 2.35. The van der Waals surface area contributed by atoms with E-state index in [1.165, 1.54) is 6.07 Å². The van der Waals surface area contributed by atoms with Gasteiger partial charge in [-0.1, -0.05) is 25.5 Å². The van der Waals surface area contributed by atoms with Gasteiger partial charge in [0.25, 0.3) is 10.1 Å². The summed E-state index contributed by atoms with van der Waals surface area (Å²) >= 11 is 0. The van der Waals surface area contributed by atoms with Gasteiger partial charge in [0.2, 0.25) is 5.69 Å². The maximum atomic E-state index is 11.6. The van der Waals surface area contributed by atoms with Crippen LogP contribution in [-0.2, 0) is 16.7 Å². The molecule has 2 rings (SSSR count). The van der Waals surface area contributed by atoms with Crippen molar-refractivity contribution in [3.8, 4) is 11.3 Å². The van der Waals surface area contributed by atoms with Crippen LogP contribution in [0.3, 0.4) is 0 Å². The Bertz CT molecular complexity index is 739. The van der Waals surface area contributed by atoms with Crippen LogP contribution >= 0.6 is 0 Å². The van der Waals surface area contributed by atoms with E-state index in [2.05, 4.69) is 6.92 Å². The van der Waals surface area contributed by atoms with E-state index in [0.29, 0.717) is 5.56 Å². The van der Waals surface area contributed by atoms with Gasteiger partial charge in [-0.25, -0.2) is 0 Å². The number of hydrogen-bond donors (Lipinski definition) is 1. The van der Waals surface area contributed by atoms with Crippen molar-refractivity contribution in [3.05, 3.63) is 48.2 Å². The van der Waals surface area contributed by atoms with E-state index in [-0.39, 0.29) is 4.90 Å². The van der Waals surface area contributed by atoms with Crippen molar-refractivity contribution in [2.24, 2.45) is 0 Å². The molecule has 0 aliphatic heterocycles. The van der Waals surface area contributed by atoms with Gasteiger partial charge in [0.15, 0.2) is 6.20 Å². The third kappa shape index (κ3) is 3.49. The van der Waals surface area contributed by atoms with E-state index in [9.17, 15) is 13.0 Å². The SMILES string of the molecule is CCCC[n+]1cccc(C)c1-c1ccccc1S(=O)(=O)O. The Morgan fingerprint density at radius 2 is 1.86 bits per heavy atom. The number of unbranched alkanes of at least 4 members (excludes halogenated alkanes) is 1. The van der Waals surface area contributed by atoms with Crippen molar-refractivity contribution in [3.63, 3.8) is 0 Å². The van der Waals surface area contributed by atoms with Crippen LogP contribution in [-0.4, -0.2) is 13.0 Å². The van der Waals surface area contributed by atoms with Crippen molar-refractivity contribution < 1.29 is 17.5 Å². The van der Waals surface area contributed by atoms with Crippen LogP contribution in [0.1, 0.15) is 25.3 Å². The normalized spacial score (nSPS) is 11.6. The number of benzene rings is 1. The van der Waals surface area contributed by atoms with Crippen molar-refractivity contribution >= 4 is 10.1 Å². The van der Waals surface area contributed by atoms with Crippen molar-refractivity contribution in [2.45, 2.75) is 38.1 Å². The Kier molecular flexibility index (Phi) is 4.75. The number of pyridine rings is 1. The molecule has 1 aromatic heterocycles. The van der Waals surface area contributed by atoms with Gasteiger partial charge in [0.1, 0.15) is 11.4 Å². The summed E-state index contributed by atoms with van der Waals surface area (Å²) in [6.45, 7) is 4.87. The quantitative estimate of drug-likeness (QED) is 0.682. The Labute approximate surface area is 125 Å². The fourth-order valence-corrected chi connectivity index (χ4v) is 3.13. The van der Waals surface area contributed by atoms with E-state index in [4.69, 9.17) is 0 Å². The maximum absolute atomic E-state index is 11.6. The molecule has 0 saturated heterocycles. The highest BCUT2D eigenvalue weighted by Gasteiger charge is 2.23. The summed E-state index contributed by atoms with van der Waals surface area (Å²) in [5, 5.41) is 0. The summed E-state index contributed by atoms with van der Waals surface area (Å²) in [5.74, 6) is 0. The zero-order chi connectivity index (χ0) is 15.5. The largest absolute Gasteiger partial charge is 0.295 e. The smallest absolute Gasteiger partial charge is 0.282 e. The van der Waals surface area contributed by atoms with Gasteiger partial charge < -0.3 is 0 Å². The van der Waals surface area contributed by atoms with Crippen LogP contribution in [0.5, 0.6) is 0 Å². The van der Waals surface area contributed by atoms with Gasteiger partial charge in [-0.2, -0.15) is 13.0 Å². The lowest BCUT2D eigenvalue weighted by atomic mass is 10.1. The Morgan fingerprint density at radius 1 is 1.14 bits per heavy atom. The predicted molar refractivity (Wildman–Crippen MR) is 81.5 cm³/mol. The van der Waals surface area contributed by atoms with Crippen molar-refractivity contribution in [1.29, 1.82) is 0 Å². The summed E-state index contributed by atoms with van der Waals surface area (Å²) in [6.07, 6.45) is 4.01. The number of hydrogen-bond acceptors (Lipinski definition) is 2. The second-order valence-corrected chi connectivity index (χ2v) is 6.45. The van der Waals surface area contributed by atoms with Crippen LogP contribution in [0, 0.1) is 6.92 Å². The van der Waals surface area contributed by atoms with Crippen LogP contribution in [0.4, 0.5) is 0 Å². The highest BCUT2D eigenvalue weighted by atomic mass is 32.2. The Hall–Kier alpha value is -1.72. The lowest BCUT2D eigenvalue weighted by Crippen LogP contribution is -2.36. The minimum Gasteiger partial charge on any atom is -0.282 e. The molecule has 0 atom stereocenters. The molecule has 0 aliphatic rings. The molecule has 1 heterocycles. The number of aryl methyl sites for hydroxylation is 2. The highest BCUT2D eigenvalue weighted by molar-refractivity contribution is 7.86. The zero-order valence-electron chi connectivity index (χ0n) is 12.3. The molecule has 5 heteroatoms. The molecule has 112 valence electrons. The van der Waals surface area contributed by atoms with Crippen molar-refractivity contribution in [2.75, 3.05) is 0 Å². The first-order valence-corrected chi connectivity index (χ1v) is 8.45. The number of nitrogens with zero attached hydrogens (tertiary/aromatic N) is 1. The van der Waals surface area contributed by atoms with E-state index in [1.54, 1.807) is 18.2 Å². The molecular weight excluding hydrogens is 286 g/mol. The van der Waals surface area contributed by atoms with Gasteiger partial charge in [-0.15, -0.1) is 0 Å². The molecule has 0 unspecified atom stereocenters. The first-order chi connectivity index (χ1) is 9.95. The molecule has 0 amide bonds. The molecule has 1 N–H and O–H groups in total. The molecule has 21 heavy (non-hydrogen) atoms. The molecule has 0 fully saturated rings. The van der Waals surface area contributed by atoms with E-state index >= 15 is 0 Å². The number of rotatable bonds is 5. The van der Waals surface area contributed by atoms with Crippen LogP contribution in [0.25, 0.3) is 11.3 Å². The summed E-state index contributed by atoms with van der Waals surface area (Å²) < 4.78 is 34.7. The maximum Gasteiger partial charge on any atom is 0.295 e. The van der Waals surface area contributed by atoms with Gasteiger partial charge in [0, 0.05) is 18.1 Å². The van der Waals surface area contributed by atoms with Crippen LogP contribution < -0.4 is 4.57 Å². The average Bonchev–Trinajstić information content (AvgIpc) is 2.44.